The molecule has 284 valence electrons. The van der Waals surface area contributed by atoms with E-state index in [0.29, 0.717) is 11.8 Å². The Labute approximate surface area is 350 Å². The average Bonchev–Trinajstić information content (AvgIpc) is 3.67. The van der Waals surface area contributed by atoms with Gasteiger partial charge in [-0.1, -0.05) is 159 Å². The first-order chi connectivity index (χ1) is 29.1. The molecule has 0 fully saturated rings. The molecule has 0 aliphatic heterocycles. The summed E-state index contributed by atoms with van der Waals surface area (Å²) in [6.45, 7) is 4.68. The lowest BCUT2D eigenvalue weighted by Crippen LogP contribution is -2.39. The SMILES string of the molecule is CC1C=CC=C(N(c2ccccc2)C2C=CC(c3ccc4c(c3)sc3c5ccc(N(c6ccccc6)c6cccc7ccccc67)cc5c5ccccc5c43)=CC2C)C1. The second-order valence-corrected chi connectivity index (χ2v) is 17.3. The van der Waals surface area contributed by atoms with Gasteiger partial charge in [-0.05, 0) is 106 Å². The smallest absolute Gasteiger partial charge is 0.0582 e. The quantitative estimate of drug-likeness (QED) is 0.149. The molecule has 1 heterocycles. The first-order valence-corrected chi connectivity index (χ1v) is 21.7. The molecule has 3 heteroatoms. The van der Waals surface area contributed by atoms with E-state index in [9.17, 15) is 0 Å². The van der Waals surface area contributed by atoms with Crippen molar-refractivity contribution >= 4 is 92.1 Å². The molecule has 0 N–H and O–H groups in total. The van der Waals surface area contributed by atoms with E-state index in [-0.39, 0.29) is 6.04 Å². The zero-order valence-electron chi connectivity index (χ0n) is 33.3. The predicted molar refractivity (Wildman–Crippen MR) is 257 cm³/mol. The van der Waals surface area contributed by atoms with Crippen LogP contribution in [0.3, 0.4) is 0 Å². The lowest BCUT2D eigenvalue weighted by atomic mass is 9.87. The van der Waals surface area contributed by atoms with Gasteiger partial charge in [0.15, 0.2) is 0 Å². The van der Waals surface area contributed by atoms with Crippen molar-refractivity contribution in [3.8, 4) is 0 Å². The normalized spacial score (nSPS) is 17.8. The van der Waals surface area contributed by atoms with Gasteiger partial charge >= 0.3 is 0 Å². The van der Waals surface area contributed by atoms with Crippen LogP contribution in [0.2, 0.25) is 0 Å². The molecule has 2 aliphatic rings. The monoisotopic (exact) mass is 776 g/mol. The number of rotatable bonds is 7. The molecule has 11 rings (SSSR count). The highest BCUT2D eigenvalue weighted by Crippen LogP contribution is 2.47. The molecule has 0 saturated heterocycles. The third kappa shape index (κ3) is 6.16. The van der Waals surface area contributed by atoms with Gasteiger partial charge in [0.1, 0.15) is 0 Å². The van der Waals surface area contributed by atoms with Crippen molar-refractivity contribution in [2.75, 3.05) is 9.80 Å². The van der Waals surface area contributed by atoms with Crippen LogP contribution in [-0.4, -0.2) is 6.04 Å². The lowest BCUT2D eigenvalue weighted by Gasteiger charge is -2.39. The molecule has 8 aromatic carbocycles. The van der Waals surface area contributed by atoms with Crippen LogP contribution in [0.4, 0.5) is 22.7 Å². The topological polar surface area (TPSA) is 6.48 Å². The van der Waals surface area contributed by atoms with Crippen LogP contribution >= 0.6 is 11.3 Å². The molecule has 0 spiro atoms. The zero-order valence-corrected chi connectivity index (χ0v) is 34.1. The molecule has 0 saturated carbocycles. The maximum Gasteiger partial charge on any atom is 0.0582 e. The molecular formula is C56H44N2S. The summed E-state index contributed by atoms with van der Waals surface area (Å²) in [5.74, 6) is 0.848. The van der Waals surface area contributed by atoms with Gasteiger partial charge in [0.25, 0.3) is 0 Å². The zero-order chi connectivity index (χ0) is 39.5. The van der Waals surface area contributed by atoms with E-state index >= 15 is 0 Å². The number of para-hydroxylation sites is 2. The number of allylic oxidation sites excluding steroid dienone is 6. The van der Waals surface area contributed by atoms with Crippen molar-refractivity contribution in [2.45, 2.75) is 26.3 Å². The van der Waals surface area contributed by atoms with Gasteiger partial charge in [0.05, 0.1) is 11.7 Å². The standard InChI is InChI=1S/C56H44N2S/c1-37-15-13-22-44(33-37)57(42-18-5-3-6-19-42)52-32-28-40(34-38(52)2)41-27-30-50-54(35-41)59-56-49-31-29-45(36-51(49)47-24-11-12-25-48(47)55(50)56)58(43-20-7-4-8-21-43)53-26-14-17-39-16-9-10-23-46(39)53/h3-32,34-38,52H,33H2,1-2H3. The molecule has 0 amide bonds. The number of anilines is 4. The van der Waals surface area contributed by atoms with Gasteiger partial charge in [0.2, 0.25) is 0 Å². The summed E-state index contributed by atoms with van der Waals surface area (Å²) in [5, 5.41) is 10.3. The highest BCUT2D eigenvalue weighted by atomic mass is 32.1. The third-order valence-corrected chi connectivity index (χ3v) is 13.6. The average molecular weight is 777 g/mol. The molecule has 3 unspecified atom stereocenters. The molecule has 1 aromatic heterocycles. The fourth-order valence-corrected chi connectivity index (χ4v) is 10.9. The second kappa shape index (κ2) is 14.6. The van der Waals surface area contributed by atoms with E-state index in [4.69, 9.17) is 0 Å². The van der Waals surface area contributed by atoms with Gasteiger partial charge in [0, 0.05) is 53.7 Å². The van der Waals surface area contributed by atoms with Gasteiger partial charge in [-0.15, -0.1) is 11.3 Å². The molecule has 9 aromatic rings. The molecular weight excluding hydrogens is 733 g/mol. The van der Waals surface area contributed by atoms with Crippen molar-refractivity contribution in [3.63, 3.8) is 0 Å². The van der Waals surface area contributed by atoms with E-state index < -0.39 is 0 Å². The fraction of sp³-hybridized carbons (Fsp3) is 0.107. The van der Waals surface area contributed by atoms with Crippen LogP contribution in [0.15, 0.2) is 206 Å². The Morgan fingerprint density at radius 3 is 2.07 bits per heavy atom. The summed E-state index contributed by atoms with van der Waals surface area (Å²) in [4.78, 5) is 4.98. The minimum absolute atomic E-state index is 0.236. The fourth-order valence-electron chi connectivity index (χ4n) is 9.62. The van der Waals surface area contributed by atoms with E-state index in [1.54, 1.807) is 0 Å². The first-order valence-electron chi connectivity index (χ1n) is 20.8. The number of benzene rings is 8. The summed E-state index contributed by atoms with van der Waals surface area (Å²) in [5.41, 5.74) is 8.65. The maximum atomic E-state index is 2.56. The Hall–Kier alpha value is -6.68. The number of thiophene rings is 1. The van der Waals surface area contributed by atoms with E-state index in [2.05, 4.69) is 224 Å². The van der Waals surface area contributed by atoms with E-state index in [1.165, 1.54) is 80.7 Å². The Balaban J connectivity index is 1.01. The molecule has 0 radical (unpaired) electrons. The predicted octanol–water partition coefficient (Wildman–Crippen LogP) is 15.9. The minimum atomic E-state index is 0.236. The van der Waals surface area contributed by atoms with E-state index in [0.717, 1.165) is 17.8 Å². The number of fused-ring (bicyclic) bond motifs is 9. The van der Waals surface area contributed by atoms with Crippen molar-refractivity contribution in [2.24, 2.45) is 11.8 Å². The van der Waals surface area contributed by atoms with Gasteiger partial charge < -0.3 is 9.80 Å². The van der Waals surface area contributed by atoms with Crippen LogP contribution < -0.4 is 9.80 Å². The highest BCUT2D eigenvalue weighted by Gasteiger charge is 2.28. The van der Waals surface area contributed by atoms with Gasteiger partial charge in [-0.25, -0.2) is 0 Å². The lowest BCUT2D eigenvalue weighted by molar-refractivity contribution is 0.569. The van der Waals surface area contributed by atoms with Gasteiger partial charge in [-0.3, -0.25) is 0 Å². The summed E-state index contributed by atoms with van der Waals surface area (Å²) >= 11 is 1.93. The minimum Gasteiger partial charge on any atom is -0.338 e. The third-order valence-electron chi connectivity index (χ3n) is 12.4. The van der Waals surface area contributed by atoms with Crippen LogP contribution in [0.1, 0.15) is 25.8 Å². The Morgan fingerprint density at radius 2 is 1.27 bits per heavy atom. The summed E-state index contributed by atoms with van der Waals surface area (Å²) < 4.78 is 2.67. The molecule has 59 heavy (non-hydrogen) atoms. The molecule has 3 atom stereocenters. The Bertz CT molecular complexity index is 3180. The number of hydrogen-bond donors (Lipinski definition) is 0. The van der Waals surface area contributed by atoms with Crippen molar-refractivity contribution in [1.29, 1.82) is 0 Å². The summed E-state index contributed by atoms with van der Waals surface area (Å²) in [7, 11) is 0. The van der Waals surface area contributed by atoms with Crippen LogP contribution in [0.25, 0.3) is 58.1 Å². The maximum absolute atomic E-state index is 2.56. The van der Waals surface area contributed by atoms with Crippen molar-refractivity contribution in [3.05, 3.63) is 212 Å². The molecule has 0 bridgehead atoms. The number of nitrogens with zero attached hydrogens (tertiary/aromatic N) is 2. The Kier molecular flexibility index (Phi) is 8.78. The van der Waals surface area contributed by atoms with Crippen LogP contribution in [-0.2, 0) is 0 Å². The van der Waals surface area contributed by atoms with Gasteiger partial charge in [-0.2, -0.15) is 0 Å². The second-order valence-electron chi connectivity index (χ2n) is 16.2. The summed E-state index contributed by atoms with van der Waals surface area (Å²) in [6, 6.07) is 60.4. The molecule has 2 nitrogen and oxygen atoms in total. The number of hydrogen-bond acceptors (Lipinski definition) is 3. The van der Waals surface area contributed by atoms with E-state index in [1.807, 2.05) is 11.3 Å². The summed E-state index contributed by atoms with van der Waals surface area (Å²) in [6.07, 6.45) is 15.2. The largest absolute Gasteiger partial charge is 0.338 e. The Morgan fingerprint density at radius 1 is 0.559 bits per heavy atom. The highest BCUT2D eigenvalue weighted by molar-refractivity contribution is 7.27. The van der Waals surface area contributed by atoms with Crippen molar-refractivity contribution in [1.82, 2.24) is 0 Å². The molecule has 2 aliphatic carbocycles. The van der Waals surface area contributed by atoms with Crippen LogP contribution in [0, 0.1) is 11.8 Å². The first kappa shape index (κ1) is 35.5. The van der Waals surface area contributed by atoms with Crippen LogP contribution in [0.5, 0.6) is 0 Å². The van der Waals surface area contributed by atoms with Crippen molar-refractivity contribution < 1.29 is 0 Å².